The molecule has 5 heteroatoms. The third-order valence-electron chi connectivity index (χ3n) is 4.10. The van der Waals surface area contributed by atoms with E-state index in [1.807, 2.05) is 25.1 Å². The van der Waals surface area contributed by atoms with Crippen molar-refractivity contribution in [3.05, 3.63) is 23.8 Å². The number of nitrogens with one attached hydrogen (secondary N) is 1. The molecule has 0 bridgehead atoms. The zero-order valence-corrected chi connectivity index (χ0v) is 13.4. The monoisotopic (exact) mass is 308 g/mol. The predicted molar refractivity (Wildman–Crippen MR) is 88.7 cm³/mol. The van der Waals surface area contributed by atoms with Crippen molar-refractivity contribution in [3.8, 4) is 0 Å². The molecule has 1 atom stereocenters. The van der Waals surface area contributed by atoms with Crippen LogP contribution >= 0.6 is 0 Å². The predicted octanol–water partition coefficient (Wildman–Crippen LogP) is 2.99. The Morgan fingerprint density at radius 3 is 2.76 bits per heavy atom. The van der Waals surface area contributed by atoms with Crippen molar-refractivity contribution < 1.29 is 9.00 Å². The van der Waals surface area contributed by atoms with E-state index >= 15 is 0 Å². The molecule has 2 rings (SSSR count). The molecule has 21 heavy (non-hydrogen) atoms. The first-order valence-electron chi connectivity index (χ1n) is 7.60. The molecule has 1 aromatic rings. The molecule has 1 saturated carbocycles. The van der Waals surface area contributed by atoms with Crippen molar-refractivity contribution in [2.24, 2.45) is 0 Å². The molecule has 0 aliphatic heterocycles. The summed E-state index contributed by atoms with van der Waals surface area (Å²) in [5.74, 6) is 0.366. The summed E-state index contributed by atoms with van der Waals surface area (Å²) in [5, 5.41) is 3.15. The van der Waals surface area contributed by atoms with Gasteiger partial charge in [-0.3, -0.25) is 9.00 Å². The molecule has 1 unspecified atom stereocenters. The maximum atomic E-state index is 12.2. The summed E-state index contributed by atoms with van der Waals surface area (Å²) in [5.41, 5.74) is 8.10. The van der Waals surface area contributed by atoms with E-state index in [0.29, 0.717) is 23.1 Å². The Morgan fingerprint density at radius 1 is 1.33 bits per heavy atom. The van der Waals surface area contributed by atoms with Gasteiger partial charge in [-0.15, -0.1) is 0 Å². The van der Waals surface area contributed by atoms with Gasteiger partial charge in [0.25, 0.3) is 0 Å². The summed E-state index contributed by atoms with van der Waals surface area (Å²) >= 11 is 0. The molecule has 116 valence electrons. The van der Waals surface area contributed by atoms with Crippen molar-refractivity contribution in [1.29, 1.82) is 0 Å². The Morgan fingerprint density at radius 2 is 2.05 bits per heavy atom. The van der Waals surface area contributed by atoms with Crippen molar-refractivity contribution >= 4 is 28.1 Å². The number of nitrogens with two attached hydrogens (primary N) is 1. The number of carbonyl (C=O) groups is 1. The molecule has 1 aromatic carbocycles. The number of carbonyl (C=O) groups excluding carboxylic acids is 1. The number of rotatable bonds is 5. The number of nitrogen functional groups attached to an aromatic ring is 1. The highest BCUT2D eigenvalue weighted by atomic mass is 32.2. The summed E-state index contributed by atoms with van der Waals surface area (Å²) < 4.78 is 12.2. The summed E-state index contributed by atoms with van der Waals surface area (Å²) in [4.78, 5) is 12.0. The van der Waals surface area contributed by atoms with Crippen LogP contribution in [0.4, 0.5) is 11.4 Å². The highest BCUT2D eigenvalue weighted by molar-refractivity contribution is 7.85. The van der Waals surface area contributed by atoms with Gasteiger partial charge in [0, 0.05) is 39.6 Å². The lowest BCUT2D eigenvalue weighted by Crippen LogP contribution is -2.23. The van der Waals surface area contributed by atoms with Crippen LogP contribution in [-0.2, 0) is 15.6 Å². The summed E-state index contributed by atoms with van der Waals surface area (Å²) in [6, 6.07) is 5.46. The fourth-order valence-corrected chi connectivity index (χ4v) is 4.27. The number of hydrogen-bond acceptors (Lipinski definition) is 3. The Hall–Kier alpha value is -1.36. The lowest BCUT2D eigenvalue weighted by Gasteiger charge is -2.20. The van der Waals surface area contributed by atoms with Gasteiger partial charge in [-0.25, -0.2) is 0 Å². The Kier molecular flexibility index (Phi) is 5.79. The van der Waals surface area contributed by atoms with E-state index in [4.69, 9.17) is 5.73 Å². The lowest BCUT2D eigenvalue weighted by atomic mass is 10.0. The molecular weight excluding hydrogens is 284 g/mol. The minimum absolute atomic E-state index is 0.0899. The zero-order chi connectivity index (χ0) is 15.2. The van der Waals surface area contributed by atoms with E-state index < -0.39 is 10.8 Å². The molecule has 1 amide bonds. The lowest BCUT2D eigenvalue weighted by molar-refractivity contribution is -0.115. The van der Waals surface area contributed by atoms with Crippen LogP contribution in [0.5, 0.6) is 0 Å². The van der Waals surface area contributed by atoms with Crippen molar-refractivity contribution in [1.82, 2.24) is 0 Å². The van der Waals surface area contributed by atoms with Gasteiger partial charge in [-0.05, 0) is 37.5 Å². The summed E-state index contributed by atoms with van der Waals surface area (Å²) in [6.07, 6.45) is 5.99. The van der Waals surface area contributed by atoms with E-state index in [1.54, 1.807) is 0 Å². The van der Waals surface area contributed by atoms with Crippen LogP contribution in [0.15, 0.2) is 18.2 Å². The summed E-state index contributed by atoms with van der Waals surface area (Å²) in [7, 11) is -0.880. The van der Waals surface area contributed by atoms with Crippen LogP contribution in [0.3, 0.4) is 0 Å². The van der Waals surface area contributed by atoms with E-state index in [0.717, 1.165) is 24.1 Å². The van der Waals surface area contributed by atoms with Gasteiger partial charge in [-0.2, -0.15) is 0 Å². The number of benzene rings is 1. The van der Waals surface area contributed by atoms with Crippen molar-refractivity contribution in [3.63, 3.8) is 0 Å². The van der Waals surface area contributed by atoms with Crippen LogP contribution in [0.25, 0.3) is 0 Å². The highest BCUT2D eigenvalue weighted by Gasteiger charge is 2.20. The molecule has 0 saturated heterocycles. The second-order valence-electron chi connectivity index (χ2n) is 5.66. The van der Waals surface area contributed by atoms with Crippen LogP contribution < -0.4 is 11.1 Å². The average molecular weight is 308 g/mol. The maximum absolute atomic E-state index is 12.2. The maximum Gasteiger partial charge on any atom is 0.225 e. The quantitative estimate of drug-likeness (QED) is 0.821. The van der Waals surface area contributed by atoms with E-state index in [9.17, 15) is 9.00 Å². The molecule has 0 spiro atoms. The highest BCUT2D eigenvalue weighted by Crippen LogP contribution is 2.23. The van der Waals surface area contributed by atoms with E-state index in [1.165, 1.54) is 19.3 Å². The third-order valence-corrected chi connectivity index (χ3v) is 5.93. The fraction of sp³-hybridized carbons (Fsp3) is 0.562. The zero-order valence-electron chi connectivity index (χ0n) is 12.6. The molecule has 0 heterocycles. The first-order chi connectivity index (χ1) is 10.1. The third kappa shape index (κ3) is 4.56. The van der Waals surface area contributed by atoms with Gasteiger partial charge in [0.15, 0.2) is 0 Å². The molecule has 1 fully saturated rings. The topological polar surface area (TPSA) is 72.2 Å². The van der Waals surface area contributed by atoms with Gasteiger partial charge < -0.3 is 11.1 Å². The fourth-order valence-electron chi connectivity index (χ4n) is 2.69. The normalized spacial score (nSPS) is 17.4. The van der Waals surface area contributed by atoms with Crippen molar-refractivity contribution in [2.75, 3.05) is 16.8 Å². The molecule has 1 aliphatic rings. The second-order valence-corrected chi connectivity index (χ2v) is 7.50. The molecule has 3 N–H and O–H groups in total. The molecular formula is C16H24N2O2S. The van der Waals surface area contributed by atoms with Gasteiger partial charge in [0.05, 0.1) is 0 Å². The number of hydrogen-bond donors (Lipinski definition) is 2. The minimum atomic E-state index is -0.880. The molecule has 1 aliphatic carbocycles. The van der Waals surface area contributed by atoms with Crippen LogP contribution in [0.1, 0.15) is 44.1 Å². The van der Waals surface area contributed by atoms with E-state index in [-0.39, 0.29) is 5.91 Å². The standard InChI is InChI=1S/C16H24N2O2S/c1-12-14(17)8-5-9-15(12)18-16(19)10-11-21(20)13-6-3-2-4-7-13/h5,8-9,13H,2-4,6-7,10-11,17H2,1H3,(H,18,19). The molecule has 0 aromatic heterocycles. The number of amides is 1. The Bertz CT molecular complexity index is 525. The van der Waals surface area contributed by atoms with Gasteiger partial charge in [0.1, 0.15) is 0 Å². The second kappa shape index (κ2) is 7.59. The first-order valence-corrected chi connectivity index (χ1v) is 8.98. The van der Waals surface area contributed by atoms with Gasteiger partial charge >= 0.3 is 0 Å². The smallest absolute Gasteiger partial charge is 0.225 e. The first kappa shape index (κ1) is 16.0. The Balaban J connectivity index is 1.81. The van der Waals surface area contributed by atoms with Crippen molar-refractivity contribution in [2.45, 2.75) is 50.7 Å². The average Bonchev–Trinajstić information content (AvgIpc) is 2.50. The van der Waals surface area contributed by atoms with Crippen LogP contribution in [0, 0.1) is 6.92 Å². The Labute approximate surface area is 129 Å². The SMILES string of the molecule is Cc1c(N)cccc1NC(=O)CCS(=O)C1CCCCC1. The van der Waals surface area contributed by atoms with Gasteiger partial charge in [-0.1, -0.05) is 25.3 Å². The van der Waals surface area contributed by atoms with Gasteiger partial charge in [0.2, 0.25) is 5.91 Å². The number of anilines is 2. The molecule has 0 radical (unpaired) electrons. The molecule has 4 nitrogen and oxygen atoms in total. The largest absolute Gasteiger partial charge is 0.398 e. The minimum Gasteiger partial charge on any atom is -0.398 e. The van der Waals surface area contributed by atoms with Crippen LogP contribution in [0.2, 0.25) is 0 Å². The van der Waals surface area contributed by atoms with Crippen LogP contribution in [-0.4, -0.2) is 21.1 Å². The summed E-state index contributed by atoms with van der Waals surface area (Å²) in [6.45, 7) is 1.88. The van der Waals surface area contributed by atoms with E-state index in [2.05, 4.69) is 5.32 Å².